The summed E-state index contributed by atoms with van der Waals surface area (Å²) in [6.45, 7) is 11.1. The molecular weight excluding hydrogens is 260 g/mol. The van der Waals surface area contributed by atoms with Crippen LogP contribution in [0, 0.1) is 18.6 Å². The van der Waals surface area contributed by atoms with Gasteiger partial charge in [0.2, 0.25) is 0 Å². The number of hydrogen-bond acceptors (Lipinski definition) is 3. The van der Waals surface area contributed by atoms with Gasteiger partial charge in [0, 0.05) is 11.1 Å². The van der Waals surface area contributed by atoms with E-state index >= 15 is 0 Å². The summed E-state index contributed by atoms with van der Waals surface area (Å²) in [5.41, 5.74) is 2.49. The molecule has 0 aliphatic carbocycles. The lowest BCUT2D eigenvalue weighted by molar-refractivity contribution is 0.0880. The van der Waals surface area contributed by atoms with Gasteiger partial charge in [0.15, 0.2) is 0 Å². The summed E-state index contributed by atoms with van der Waals surface area (Å²) in [6, 6.07) is 2.09. The predicted octanol–water partition coefficient (Wildman–Crippen LogP) is 2.90. The van der Waals surface area contributed by atoms with E-state index in [-0.39, 0.29) is 5.56 Å². The maximum absolute atomic E-state index is 14.3. The van der Waals surface area contributed by atoms with Crippen LogP contribution in [0.5, 0.6) is 0 Å². The van der Waals surface area contributed by atoms with Gasteiger partial charge in [0.25, 0.3) is 0 Å². The fraction of sp³-hybridized carbons (Fsp3) is 0.600. The highest BCUT2D eigenvalue weighted by Gasteiger charge is 2.37. The first kappa shape index (κ1) is 17.0. The Morgan fingerprint density at radius 2 is 1.80 bits per heavy atom. The second-order valence-corrected chi connectivity index (χ2v) is 5.52. The minimum atomic E-state index is -0.637. The Kier molecular flexibility index (Phi) is 5.62. The Morgan fingerprint density at radius 1 is 1.25 bits per heavy atom. The van der Waals surface area contributed by atoms with E-state index in [9.17, 15) is 8.78 Å². The molecule has 1 rings (SSSR count). The number of nitrogens with one attached hydrogen (secondary N) is 1. The molecule has 1 unspecified atom stereocenters. The van der Waals surface area contributed by atoms with Crippen molar-refractivity contribution in [2.75, 3.05) is 13.1 Å². The monoisotopic (exact) mass is 285 g/mol. The fourth-order valence-electron chi connectivity index (χ4n) is 2.80. The summed E-state index contributed by atoms with van der Waals surface area (Å²) >= 11 is 0. The number of nitrogens with two attached hydrogens (primary N) is 1. The third-order valence-electron chi connectivity index (χ3n) is 4.06. The van der Waals surface area contributed by atoms with Crippen LogP contribution in [-0.2, 0) is 0 Å². The van der Waals surface area contributed by atoms with Crippen molar-refractivity contribution >= 4 is 0 Å². The molecule has 0 saturated carbocycles. The van der Waals surface area contributed by atoms with Gasteiger partial charge in [-0.05, 0) is 45.5 Å². The van der Waals surface area contributed by atoms with Crippen LogP contribution in [-0.4, -0.2) is 23.5 Å². The molecule has 0 heterocycles. The quantitative estimate of drug-likeness (QED) is 0.624. The third kappa shape index (κ3) is 3.00. The number of hydrogen-bond donors (Lipinski definition) is 2. The summed E-state index contributed by atoms with van der Waals surface area (Å²) in [4.78, 5) is 2.12. The average molecular weight is 285 g/mol. The maximum atomic E-state index is 14.3. The first-order valence-electron chi connectivity index (χ1n) is 6.96. The van der Waals surface area contributed by atoms with Crippen LogP contribution >= 0.6 is 0 Å². The van der Waals surface area contributed by atoms with Crippen LogP contribution in [0.3, 0.4) is 0 Å². The number of aryl methyl sites for hydroxylation is 1. The van der Waals surface area contributed by atoms with Crippen LogP contribution in [0.15, 0.2) is 12.1 Å². The Bertz CT molecular complexity index is 457. The summed E-state index contributed by atoms with van der Waals surface area (Å²) < 4.78 is 28.5. The minimum absolute atomic E-state index is 0.00407. The Balaban J connectivity index is 3.36. The summed E-state index contributed by atoms with van der Waals surface area (Å²) in [5.74, 6) is 4.51. The molecule has 3 N–H and O–H groups in total. The van der Waals surface area contributed by atoms with Gasteiger partial charge in [0.05, 0.1) is 6.04 Å². The van der Waals surface area contributed by atoms with E-state index < -0.39 is 23.2 Å². The molecule has 1 atom stereocenters. The van der Waals surface area contributed by atoms with Crippen LogP contribution in [0.25, 0.3) is 0 Å². The molecule has 0 amide bonds. The average Bonchev–Trinajstić information content (AvgIpc) is 2.40. The van der Waals surface area contributed by atoms with Gasteiger partial charge < -0.3 is 0 Å². The molecule has 3 nitrogen and oxygen atoms in total. The molecule has 1 aromatic carbocycles. The molecule has 0 spiro atoms. The highest BCUT2D eigenvalue weighted by atomic mass is 19.1. The van der Waals surface area contributed by atoms with Crippen molar-refractivity contribution < 1.29 is 8.78 Å². The Morgan fingerprint density at radius 3 is 2.25 bits per heavy atom. The number of likely N-dealkylation sites (N-methyl/N-ethyl adjacent to an activating group) is 1. The molecular formula is C15H25F2N3. The Labute approximate surface area is 120 Å². The van der Waals surface area contributed by atoms with Gasteiger partial charge in [-0.2, -0.15) is 0 Å². The topological polar surface area (TPSA) is 41.3 Å². The molecule has 5 heteroatoms. The standard InChI is InChI=1S/C15H25F2N3/c1-6-20(7-2)15(4,5)14(19-18)12-11(16)9-8-10(3)13(12)17/h8-9,14,19H,6-7,18H2,1-5H3. The van der Waals surface area contributed by atoms with Gasteiger partial charge in [0.1, 0.15) is 11.6 Å². The molecule has 20 heavy (non-hydrogen) atoms. The zero-order valence-electron chi connectivity index (χ0n) is 12.9. The minimum Gasteiger partial charge on any atom is -0.297 e. The normalized spacial score (nSPS) is 13.8. The summed E-state index contributed by atoms with van der Waals surface area (Å²) in [7, 11) is 0. The smallest absolute Gasteiger partial charge is 0.133 e. The van der Waals surface area contributed by atoms with E-state index in [1.165, 1.54) is 12.1 Å². The molecule has 0 saturated heterocycles. The number of hydrazine groups is 1. The lowest BCUT2D eigenvalue weighted by atomic mass is 9.86. The largest absolute Gasteiger partial charge is 0.297 e. The zero-order chi connectivity index (χ0) is 15.5. The van der Waals surface area contributed by atoms with E-state index in [1.54, 1.807) is 6.92 Å². The number of rotatable bonds is 6. The zero-order valence-corrected chi connectivity index (χ0v) is 12.9. The van der Waals surface area contributed by atoms with Crippen molar-refractivity contribution in [3.63, 3.8) is 0 Å². The molecule has 0 aromatic heterocycles. The molecule has 0 radical (unpaired) electrons. The highest BCUT2D eigenvalue weighted by Crippen LogP contribution is 2.34. The lowest BCUT2D eigenvalue weighted by Crippen LogP contribution is -2.54. The predicted molar refractivity (Wildman–Crippen MR) is 78.2 cm³/mol. The first-order chi connectivity index (χ1) is 9.31. The molecule has 0 aliphatic heterocycles. The van der Waals surface area contributed by atoms with Gasteiger partial charge in [-0.1, -0.05) is 19.9 Å². The van der Waals surface area contributed by atoms with Crippen molar-refractivity contribution in [2.24, 2.45) is 5.84 Å². The number of halogens is 2. The molecule has 0 bridgehead atoms. The van der Waals surface area contributed by atoms with E-state index in [0.29, 0.717) is 5.56 Å². The van der Waals surface area contributed by atoms with E-state index in [2.05, 4.69) is 10.3 Å². The van der Waals surface area contributed by atoms with Gasteiger partial charge in [-0.3, -0.25) is 16.2 Å². The number of benzene rings is 1. The first-order valence-corrected chi connectivity index (χ1v) is 6.96. The van der Waals surface area contributed by atoms with Crippen LogP contribution in [0.4, 0.5) is 8.78 Å². The second kappa shape index (κ2) is 6.61. The maximum Gasteiger partial charge on any atom is 0.133 e. The lowest BCUT2D eigenvalue weighted by Gasteiger charge is -2.43. The van der Waals surface area contributed by atoms with Crippen molar-refractivity contribution in [3.8, 4) is 0 Å². The van der Waals surface area contributed by atoms with Crippen molar-refractivity contribution in [2.45, 2.75) is 46.2 Å². The van der Waals surface area contributed by atoms with Crippen molar-refractivity contribution in [1.82, 2.24) is 10.3 Å². The third-order valence-corrected chi connectivity index (χ3v) is 4.06. The molecule has 1 aromatic rings. The van der Waals surface area contributed by atoms with Gasteiger partial charge in [-0.25, -0.2) is 8.78 Å². The summed E-state index contributed by atoms with van der Waals surface area (Å²) in [6.07, 6.45) is 0. The highest BCUT2D eigenvalue weighted by molar-refractivity contribution is 5.31. The van der Waals surface area contributed by atoms with Crippen molar-refractivity contribution in [1.29, 1.82) is 0 Å². The molecule has 0 aliphatic rings. The van der Waals surface area contributed by atoms with Gasteiger partial charge >= 0.3 is 0 Å². The van der Waals surface area contributed by atoms with E-state index in [1.807, 2.05) is 27.7 Å². The summed E-state index contributed by atoms with van der Waals surface area (Å²) in [5, 5.41) is 0. The van der Waals surface area contributed by atoms with E-state index in [4.69, 9.17) is 5.84 Å². The van der Waals surface area contributed by atoms with Crippen LogP contribution < -0.4 is 11.3 Å². The van der Waals surface area contributed by atoms with Crippen LogP contribution in [0.2, 0.25) is 0 Å². The van der Waals surface area contributed by atoms with E-state index in [0.717, 1.165) is 13.1 Å². The molecule has 0 fully saturated rings. The van der Waals surface area contributed by atoms with Crippen LogP contribution in [0.1, 0.15) is 44.9 Å². The second-order valence-electron chi connectivity index (χ2n) is 5.52. The molecule has 114 valence electrons. The number of nitrogens with zero attached hydrogens (tertiary/aromatic N) is 1. The van der Waals surface area contributed by atoms with Gasteiger partial charge in [-0.15, -0.1) is 0 Å². The Hall–Kier alpha value is -1.04. The SMILES string of the molecule is CCN(CC)C(C)(C)C(NN)c1c(F)ccc(C)c1F. The van der Waals surface area contributed by atoms with Crippen molar-refractivity contribution in [3.05, 3.63) is 34.9 Å². The fourth-order valence-corrected chi connectivity index (χ4v) is 2.80.